The Morgan fingerprint density at radius 1 is 1.14 bits per heavy atom. The number of nitrogens with zero attached hydrogens (tertiary/aromatic N) is 4. The first-order valence-corrected chi connectivity index (χ1v) is 13.7. The van der Waals surface area contributed by atoms with Crippen molar-refractivity contribution in [3.05, 3.63) is 83.2 Å². The van der Waals surface area contributed by atoms with Gasteiger partial charge in [0.1, 0.15) is 5.82 Å². The van der Waals surface area contributed by atoms with E-state index in [1.807, 2.05) is 36.4 Å². The molecule has 5 rings (SSSR count). The topological polar surface area (TPSA) is 82.8 Å². The van der Waals surface area contributed by atoms with Gasteiger partial charge < -0.3 is 20.2 Å². The number of likely N-dealkylation sites (tertiary alicyclic amines) is 1. The van der Waals surface area contributed by atoms with Crippen molar-refractivity contribution in [3.8, 4) is 6.07 Å². The molecule has 0 bridgehead atoms. The van der Waals surface area contributed by atoms with E-state index >= 15 is 0 Å². The van der Waals surface area contributed by atoms with Crippen LogP contribution in [0.4, 0.5) is 4.39 Å². The second kappa shape index (κ2) is 16.4. The van der Waals surface area contributed by atoms with Gasteiger partial charge in [-0.1, -0.05) is 36.4 Å². The number of hydrogen-bond acceptors (Lipinski definition) is 6. The summed E-state index contributed by atoms with van der Waals surface area (Å²) in [5, 5.41) is 24.3. The van der Waals surface area contributed by atoms with Gasteiger partial charge in [0, 0.05) is 69.9 Å². The number of nitrogens with one attached hydrogen (secondary N) is 1. The Morgan fingerprint density at radius 2 is 1.86 bits per heavy atom. The van der Waals surface area contributed by atoms with Crippen molar-refractivity contribution in [2.75, 3.05) is 59.5 Å². The Balaban J connectivity index is 0.00000205. The van der Waals surface area contributed by atoms with Crippen molar-refractivity contribution in [2.24, 2.45) is 0 Å². The van der Waals surface area contributed by atoms with Crippen LogP contribution in [0.3, 0.4) is 0 Å². The normalized spacial score (nSPS) is 18.0. The molecule has 2 saturated heterocycles. The lowest BCUT2D eigenvalue weighted by Crippen LogP contribution is -2.66. The number of fused-ring (bicyclic) bond motifs is 1. The van der Waals surface area contributed by atoms with Crippen LogP contribution in [0.1, 0.15) is 33.8 Å². The highest BCUT2D eigenvalue weighted by Gasteiger charge is 2.36. The van der Waals surface area contributed by atoms with E-state index in [4.69, 9.17) is 0 Å². The number of aliphatic hydroxyl groups excluding tert-OH is 1. The van der Waals surface area contributed by atoms with Crippen molar-refractivity contribution < 1.29 is 14.3 Å². The Kier molecular flexibility index (Phi) is 13.9. The zero-order valence-corrected chi connectivity index (χ0v) is 26.1. The number of carbonyl (C=O) groups excluding carboxylic acids is 1. The van der Waals surface area contributed by atoms with E-state index in [0.717, 1.165) is 62.0 Å². The van der Waals surface area contributed by atoms with Crippen molar-refractivity contribution in [1.82, 2.24) is 20.0 Å². The third-order valence-electron chi connectivity index (χ3n) is 8.21. The van der Waals surface area contributed by atoms with Gasteiger partial charge in [0.15, 0.2) is 0 Å². The molecule has 0 radical (unpaired) electrons. The second-order valence-electron chi connectivity index (χ2n) is 10.8. The molecule has 0 aromatic heterocycles. The van der Waals surface area contributed by atoms with Crippen molar-refractivity contribution >= 4 is 53.9 Å². The molecule has 1 amide bonds. The van der Waals surface area contributed by atoms with Gasteiger partial charge in [-0.3, -0.25) is 9.69 Å². The highest BCUT2D eigenvalue weighted by Crippen LogP contribution is 2.27. The third-order valence-corrected chi connectivity index (χ3v) is 8.21. The van der Waals surface area contributed by atoms with Crippen molar-refractivity contribution in [1.29, 1.82) is 5.26 Å². The monoisotopic (exact) mass is 637 g/mol. The minimum Gasteiger partial charge on any atom is -0.395 e. The maximum absolute atomic E-state index is 13.7. The predicted molar refractivity (Wildman–Crippen MR) is 172 cm³/mol. The number of aliphatic hydroxyl groups is 1. The fourth-order valence-corrected chi connectivity index (χ4v) is 5.97. The highest BCUT2D eigenvalue weighted by molar-refractivity contribution is 6.07. The predicted octanol–water partition coefficient (Wildman–Crippen LogP) is 4.31. The van der Waals surface area contributed by atoms with E-state index in [1.54, 1.807) is 24.1 Å². The zero-order valence-electron chi connectivity index (χ0n) is 23.6. The molecule has 11 heteroatoms. The number of hydrogen-bond donors (Lipinski definition) is 2. The van der Waals surface area contributed by atoms with Crippen LogP contribution in [0.5, 0.6) is 0 Å². The quantitative estimate of drug-likeness (QED) is 0.364. The van der Waals surface area contributed by atoms with E-state index in [1.165, 1.54) is 12.1 Å². The molecule has 3 aromatic rings. The minimum absolute atomic E-state index is 0. The van der Waals surface area contributed by atoms with Crippen LogP contribution in [0.25, 0.3) is 10.8 Å². The molecule has 3 aromatic carbocycles. The molecular weight excluding hydrogens is 600 g/mol. The molecule has 2 heterocycles. The smallest absolute Gasteiger partial charge is 0.254 e. The van der Waals surface area contributed by atoms with Crippen LogP contribution in [0.2, 0.25) is 0 Å². The second-order valence-corrected chi connectivity index (χ2v) is 10.8. The molecule has 7 nitrogen and oxygen atoms in total. The van der Waals surface area contributed by atoms with Crippen LogP contribution < -0.4 is 5.32 Å². The van der Waals surface area contributed by atoms with Gasteiger partial charge in [-0.25, -0.2) is 4.39 Å². The summed E-state index contributed by atoms with van der Waals surface area (Å²) in [4.78, 5) is 20.2. The summed E-state index contributed by atoms with van der Waals surface area (Å²) >= 11 is 0. The number of piperazine rings is 1. The number of halogens is 4. The maximum atomic E-state index is 13.7. The molecular formula is C31H39Cl3FN5O2. The molecule has 228 valence electrons. The summed E-state index contributed by atoms with van der Waals surface area (Å²) in [5.41, 5.74) is 1.98. The SMILES string of the molecule is CN(C[C@@H](CCN1CC(N2CCNCC2CO)C1)c1ccc(F)cc1)C(=O)c1cc(C#N)cc2ccccc12.Cl.Cl.Cl. The number of amides is 1. The van der Waals surface area contributed by atoms with Gasteiger partial charge >= 0.3 is 0 Å². The van der Waals surface area contributed by atoms with Crippen LogP contribution in [-0.4, -0.2) is 97.3 Å². The van der Waals surface area contributed by atoms with E-state index in [9.17, 15) is 19.6 Å². The van der Waals surface area contributed by atoms with E-state index in [0.29, 0.717) is 23.7 Å². The van der Waals surface area contributed by atoms with Crippen LogP contribution in [0, 0.1) is 17.1 Å². The maximum Gasteiger partial charge on any atom is 0.254 e. The summed E-state index contributed by atoms with van der Waals surface area (Å²) in [7, 11) is 1.80. The molecule has 2 fully saturated rings. The van der Waals surface area contributed by atoms with Crippen LogP contribution >= 0.6 is 37.2 Å². The van der Waals surface area contributed by atoms with Crippen molar-refractivity contribution in [2.45, 2.75) is 24.4 Å². The Hall–Kier alpha value is -2.48. The zero-order chi connectivity index (χ0) is 27.4. The Bertz CT molecular complexity index is 1350. The lowest BCUT2D eigenvalue weighted by atomic mass is 9.93. The van der Waals surface area contributed by atoms with Gasteiger partial charge in [0.05, 0.1) is 18.2 Å². The van der Waals surface area contributed by atoms with Crippen LogP contribution in [-0.2, 0) is 0 Å². The van der Waals surface area contributed by atoms with Gasteiger partial charge in [-0.2, -0.15) is 5.26 Å². The minimum atomic E-state index is -0.276. The van der Waals surface area contributed by atoms with E-state index in [-0.39, 0.29) is 67.5 Å². The average Bonchev–Trinajstić information content (AvgIpc) is 2.95. The molecule has 1 unspecified atom stereocenters. The molecule has 0 aliphatic carbocycles. The summed E-state index contributed by atoms with van der Waals surface area (Å²) in [6.45, 7) is 6.20. The molecule has 2 atom stereocenters. The lowest BCUT2D eigenvalue weighted by Gasteiger charge is -2.50. The number of nitriles is 1. The fraction of sp³-hybridized carbons (Fsp3) is 0.419. The van der Waals surface area contributed by atoms with Gasteiger partial charge in [-0.05, 0) is 53.6 Å². The molecule has 42 heavy (non-hydrogen) atoms. The standard InChI is InChI=1S/C31H36FN5O2.3ClH/c1-35(31(39)30-15-22(16-33)14-24-4-2-3-5-29(24)30)18-25(23-6-8-26(32)9-7-23)10-12-36-19-28(20-36)37-13-11-34-17-27(37)21-38;;;/h2-9,14-15,25,27-28,34,38H,10-13,17-21H2,1H3;3*1H/t25-,27?;;;/m1.../s1. The largest absolute Gasteiger partial charge is 0.395 e. The fourth-order valence-electron chi connectivity index (χ4n) is 5.97. The molecule has 2 N–H and O–H groups in total. The van der Waals surface area contributed by atoms with Crippen molar-refractivity contribution in [3.63, 3.8) is 0 Å². The number of rotatable bonds is 9. The number of likely N-dealkylation sites (N-methyl/N-ethyl adjacent to an activating group) is 1. The first-order chi connectivity index (χ1) is 19.0. The summed E-state index contributed by atoms with van der Waals surface area (Å²) in [6, 6.07) is 20.5. The first kappa shape index (κ1) is 35.7. The summed E-state index contributed by atoms with van der Waals surface area (Å²) < 4.78 is 13.7. The lowest BCUT2D eigenvalue weighted by molar-refractivity contribution is -0.0180. The number of carbonyl (C=O) groups is 1. The van der Waals surface area contributed by atoms with E-state index < -0.39 is 0 Å². The summed E-state index contributed by atoms with van der Waals surface area (Å²) in [5.74, 6) is -0.372. The molecule has 2 aliphatic rings. The first-order valence-electron chi connectivity index (χ1n) is 13.7. The number of benzene rings is 3. The Morgan fingerprint density at radius 3 is 2.55 bits per heavy atom. The van der Waals surface area contributed by atoms with Crippen LogP contribution in [0.15, 0.2) is 60.7 Å². The van der Waals surface area contributed by atoms with Gasteiger partial charge in [-0.15, -0.1) is 37.2 Å². The van der Waals surface area contributed by atoms with E-state index in [2.05, 4.69) is 21.2 Å². The third kappa shape index (κ3) is 8.12. The average molecular weight is 639 g/mol. The molecule has 0 spiro atoms. The summed E-state index contributed by atoms with van der Waals surface area (Å²) in [6.07, 6.45) is 0.833. The highest BCUT2D eigenvalue weighted by atomic mass is 35.5. The molecule has 2 aliphatic heterocycles. The Labute approximate surface area is 265 Å². The molecule has 0 saturated carbocycles. The van der Waals surface area contributed by atoms with Gasteiger partial charge in [0.2, 0.25) is 0 Å². The van der Waals surface area contributed by atoms with Gasteiger partial charge in [0.25, 0.3) is 5.91 Å².